The maximum absolute atomic E-state index is 13.4. The van der Waals surface area contributed by atoms with Crippen LogP contribution in [0.1, 0.15) is 43.7 Å². The topological polar surface area (TPSA) is 117 Å². The molecule has 3 N–H and O–H groups in total. The Bertz CT molecular complexity index is 1400. The minimum absolute atomic E-state index is 0.00117. The molecule has 2 aromatic rings. The van der Waals surface area contributed by atoms with E-state index in [4.69, 9.17) is 31.5 Å². The highest BCUT2D eigenvalue weighted by Crippen LogP contribution is 2.50. The van der Waals surface area contributed by atoms with Crippen molar-refractivity contribution in [3.63, 3.8) is 0 Å². The third-order valence-electron chi connectivity index (χ3n) is 6.48. The number of methoxy groups -OCH3 is 1. The van der Waals surface area contributed by atoms with Gasteiger partial charge in [-0.25, -0.2) is 4.79 Å². The monoisotopic (exact) mass is 602 g/mol. The van der Waals surface area contributed by atoms with Crippen LogP contribution in [0.2, 0.25) is 5.02 Å². The predicted octanol–water partition coefficient (Wildman–Crippen LogP) is 5.53. The van der Waals surface area contributed by atoms with Crippen LogP contribution in [-0.2, 0) is 23.9 Å². The second kappa shape index (κ2) is 10.8. The van der Waals surface area contributed by atoms with Gasteiger partial charge in [0.2, 0.25) is 5.88 Å². The fraction of sp³-hybridized carbons (Fsp3) is 0.321. The van der Waals surface area contributed by atoms with E-state index in [9.17, 15) is 14.4 Å². The van der Waals surface area contributed by atoms with Crippen LogP contribution in [-0.4, -0.2) is 31.4 Å². The van der Waals surface area contributed by atoms with Crippen molar-refractivity contribution in [2.75, 3.05) is 19.0 Å². The van der Waals surface area contributed by atoms with Crippen LogP contribution in [0.5, 0.6) is 5.75 Å². The van der Waals surface area contributed by atoms with Gasteiger partial charge in [-0.15, -0.1) is 0 Å². The number of hydrogen-bond donors (Lipinski definition) is 2. The number of halogens is 2. The number of ether oxygens (including phenoxy) is 3. The first-order valence-corrected chi connectivity index (χ1v) is 13.1. The van der Waals surface area contributed by atoms with Crippen LogP contribution in [0.25, 0.3) is 0 Å². The maximum Gasteiger partial charge on any atom is 0.340 e. The lowest BCUT2D eigenvalue weighted by atomic mass is 9.70. The Kier molecular flexibility index (Phi) is 7.90. The number of nitrogens with two attached hydrogens (primary N) is 1. The van der Waals surface area contributed by atoms with Gasteiger partial charge in [0, 0.05) is 39.2 Å². The van der Waals surface area contributed by atoms with Crippen molar-refractivity contribution >= 4 is 50.9 Å². The predicted molar refractivity (Wildman–Crippen MR) is 147 cm³/mol. The molecular formula is C28H28BrClN2O6. The molecule has 0 saturated carbocycles. The molecule has 2 aromatic carbocycles. The Hall–Kier alpha value is -3.30. The zero-order valence-corrected chi connectivity index (χ0v) is 23.8. The minimum atomic E-state index is -0.902. The van der Waals surface area contributed by atoms with E-state index in [2.05, 4.69) is 21.2 Å². The summed E-state index contributed by atoms with van der Waals surface area (Å²) in [6.45, 7) is 5.46. The number of benzene rings is 2. The molecule has 0 bridgehead atoms. The van der Waals surface area contributed by atoms with Crippen molar-refractivity contribution in [3.8, 4) is 5.75 Å². The summed E-state index contributed by atoms with van der Waals surface area (Å²) in [5.41, 5.74) is 8.11. The molecule has 8 nitrogen and oxygen atoms in total. The lowest BCUT2D eigenvalue weighted by Crippen LogP contribution is -2.35. The molecule has 1 heterocycles. The highest BCUT2D eigenvalue weighted by Gasteiger charge is 2.45. The number of amides is 1. The summed E-state index contributed by atoms with van der Waals surface area (Å²) in [5.74, 6) is -1.60. The molecule has 4 rings (SSSR count). The summed E-state index contributed by atoms with van der Waals surface area (Å²) in [6.07, 6.45) is 0.733. The molecule has 0 fully saturated rings. The Morgan fingerprint density at radius 3 is 2.66 bits per heavy atom. The van der Waals surface area contributed by atoms with E-state index in [1.54, 1.807) is 36.4 Å². The van der Waals surface area contributed by atoms with Crippen LogP contribution < -0.4 is 15.8 Å². The highest BCUT2D eigenvalue weighted by molar-refractivity contribution is 9.10. The molecule has 0 saturated heterocycles. The van der Waals surface area contributed by atoms with Crippen LogP contribution in [0.15, 0.2) is 63.7 Å². The second-order valence-electron chi connectivity index (χ2n) is 10.1. The number of nitrogens with one attached hydrogen (secondary N) is 1. The smallest absolute Gasteiger partial charge is 0.340 e. The van der Waals surface area contributed by atoms with Crippen molar-refractivity contribution in [1.82, 2.24) is 0 Å². The Morgan fingerprint density at radius 1 is 1.21 bits per heavy atom. The van der Waals surface area contributed by atoms with Crippen LogP contribution in [0.3, 0.4) is 0 Å². The zero-order valence-electron chi connectivity index (χ0n) is 21.4. The lowest BCUT2D eigenvalue weighted by molar-refractivity contribution is -0.136. The fourth-order valence-electron chi connectivity index (χ4n) is 4.74. The summed E-state index contributed by atoms with van der Waals surface area (Å²) in [6, 6.07) is 10.3. The zero-order chi connectivity index (χ0) is 27.8. The van der Waals surface area contributed by atoms with Crippen LogP contribution in [0.4, 0.5) is 5.69 Å². The van der Waals surface area contributed by atoms with Crippen LogP contribution in [0, 0.1) is 12.3 Å². The Balaban J connectivity index is 1.72. The Labute approximate surface area is 234 Å². The number of aryl methyl sites for hydroxylation is 1. The van der Waals surface area contributed by atoms with Gasteiger partial charge in [0.05, 0.1) is 13.0 Å². The third-order valence-corrected chi connectivity index (χ3v) is 7.20. The van der Waals surface area contributed by atoms with E-state index in [0.29, 0.717) is 44.2 Å². The van der Waals surface area contributed by atoms with Crippen molar-refractivity contribution in [2.45, 2.75) is 39.5 Å². The maximum atomic E-state index is 13.4. The first kappa shape index (κ1) is 27.7. The number of rotatable bonds is 6. The van der Waals surface area contributed by atoms with Gasteiger partial charge in [-0.1, -0.05) is 47.4 Å². The van der Waals surface area contributed by atoms with Gasteiger partial charge in [0.25, 0.3) is 5.91 Å². The molecule has 38 heavy (non-hydrogen) atoms. The molecular weight excluding hydrogens is 576 g/mol. The van der Waals surface area contributed by atoms with Gasteiger partial charge >= 0.3 is 5.97 Å². The number of allylic oxidation sites excluding steroid dienone is 2. The summed E-state index contributed by atoms with van der Waals surface area (Å²) in [4.78, 5) is 39.1. The summed E-state index contributed by atoms with van der Waals surface area (Å²) in [7, 11) is 1.23. The van der Waals surface area contributed by atoms with Crippen molar-refractivity contribution in [1.29, 1.82) is 0 Å². The summed E-state index contributed by atoms with van der Waals surface area (Å²) < 4.78 is 17.5. The van der Waals surface area contributed by atoms with Gasteiger partial charge in [-0.2, -0.15) is 0 Å². The second-order valence-corrected chi connectivity index (χ2v) is 11.4. The van der Waals surface area contributed by atoms with E-state index in [-0.39, 0.29) is 35.7 Å². The van der Waals surface area contributed by atoms with Gasteiger partial charge in [-0.3, -0.25) is 9.59 Å². The van der Waals surface area contributed by atoms with Crippen molar-refractivity contribution < 1.29 is 28.6 Å². The minimum Gasteiger partial charge on any atom is -0.483 e. The first-order chi connectivity index (χ1) is 17.9. The molecule has 1 aliphatic carbocycles. The number of carbonyl (C=O) groups is 3. The number of anilines is 1. The fourth-order valence-corrected chi connectivity index (χ4v) is 5.29. The SMILES string of the molecule is COC(=O)C1=C(N)OC2=C(C(=O)CC(C)(C)C2)C1c1cc(Br)ccc1OCC(=O)Nc1cc(Cl)ccc1C. The molecule has 0 spiro atoms. The molecule has 1 aliphatic heterocycles. The molecule has 2 aliphatic rings. The average Bonchev–Trinajstić information content (AvgIpc) is 2.83. The van der Waals surface area contributed by atoms with Gasteiger partial charge in [0.15, 0.2) is 12.4 Å². The van der Waals surface area contributed by atoms with E-state index in [1.165, 1.54) is 7.11 Å². The molecule has 200 valence electrons. The molecule has 1 amide bonds. The van der Waals surface area contributed by atoms with E-state index >= 15 is 0 Å². The van der Waals surface area contributed by atoms with Gasteiger partial charge < -0.3 is 25.3 Å². The highest BCUT2D eigenvalue weighted by atomic mass is 79.9. The Morgan fingerprint density at radius 2 is 1.95 bits per heavy atom. The van der Waals surface area contributed by atoms with Gasteiger partial charge in [-0.05, 0) is 48.2 Å². The first-order valence-electron chi connectivity index (χ1n) is 11.9. The molecule has 0 aromatic heterocycles. The molecule has 0 radical (unpaired) electrons. The third kappa shape index (κ3) is 5.73. The van der Waals surface area contributed by atoms with E-state index < -0.39 is 17.8 Å². The molecule has 10 heteroatoms. The summed E-state index contributed by atoms with van der Waals surface area (Å²) in [5, 5.41) is 3.28. The van der Waals surface area contributed by atoms with E-state index in [0.717, 1.165) is 5.56 Å². The van der Waals surface area contributed by atoms with Crippen molar-refractivity contribution in [3.05, 3.63) is 79.8 Å². The van der Waals surface area contributed by atoms with Crippen molar-refractivity contribution in [2.24, 2.45) is 11.1 Å². The molecule has 1 atom stereocenters. The van der Waals surface area contributed by atoms with Gasteiger partial charge in [0.1, 0.15) is 17.1 Å². The average molecular weight is 604 g/mol. The largest absolute Gasteiger partial charge is 0.483 e. The summed E-state index contributed by atoms with van der Waals surface area (Å²) >= 11 is 9.53. The molecule has 1 unspecified atom stereocenters. The number of carbonyl (C=O) groups excluding carboxylic acids is 3. The number of ketones is 1. The quantitative estimate of drug-likeness (QED) is 0.417. The number of esters is 1. The normalized spacial score (nSPS) is 18.5. The number of Topliss-reactive ketones (excluding diaryl/α,β-unsaturated/α-hetero) is 1. The van der Waals surface area contributed by atoms with Crippen LogP contribution >= 0.6 is 27.5 Å². The lowest BCUT2D eigenvalue weighted by Gasteiger charge is -2.38. The standard InChI is InChI=1S/C28H28BrClN2O6/c1-14-5-7-16(30)10-18(14)32-22(34)13-37-20-8-6-15(29)9-17(20)23-24-19(33)11-28(2,3)12-21(24)38-26(31)25(23)27(35)36-4/h5-10,23H,11-13,31H2,1-4H3,(H,32,34). The number of hydrogen-bond acceptors (Lipinski definition) is 7. The van der Waals surface area contributed by atoms with E-state index in [1.807, 2.05) is 20.8 Å².